The van der Waals surface area contributed by atoms with E-state index in [0.29, 0.717) is 0 Å². The summed E-state index contributed by atoms with van der Waals surface area (Å²) in [6.45, 7) is 1.93. The van der Waals surface area contributed by atoms with E-state index in [2.05, 4.69) is 0 Å². The number of carbonyl (C=O) groups is 1. The second-order valence-corrected chi connectivity index (χ2v) is 4.71. The Bertz CT molecular complexity index is 538. The van der Waals surface area contributed by atoms with Gasteiger partial charge in [0.05, 0.1) is 0 Å². The van der Waals surface area contributed by atoms with Gasteiger partial charge in [0, 0.05) is 23.4 Å². The summed E-state index contributed by atoms with van der Waals surface area (Å²) < 4.78 is 51.2. The lowest BCUT2D eigenvalue weighted by atomic mass is 10.1. The minimum Gasteiger partial charge on any atom is -0.478 e. The summed E-state index contributed by atoms with van der Waals surface area (Å²) in [6, 6.07) is 2.76. The van der Waals surface area contributed by atoms with Crippen molar-refractivity contribution in [2.24, 2.45) is 0 Å². The molecule has 0 unspecified atom stereocenters. The Labute approximate surface area is 119 Å². The maximum absolute atomic E-state index is 13.3. The van der Waals surface area contributed by atoms with E-state index in [4.69, 9.17) is 5.11 Å². The highest BCUT2D eigenvalue weighted by atomic mass is 19.4. The Morgan fingerprint density at radius 1 is 1.38 bits per heavy atom. The molecule has 7 heteroatoms. The van der Waals surface area contributed by atoms with Crippen molar-refractivity contribution in [3.05, 3.63) is 35.7 Å². The molecule has 0 spiro atoms. The first kappa shape index (κ1) is 17.0. The van der Waals surface area contributed by atoms with Gasteiger partial charge in [-0.3, -0.25) is 0 Å². The molecule has 21 heavy (non-hydrogen) atoms. The molecule has 0 fully saturated rings. The smallest absolute Gasteiger partial charge is 0.405 e. The van der Waals surface area contributed by atoms with Crippen LogP contribution in [0.15, 0.2) is 24.3 Å². The van der Waals surface area contributed by atoms with E-state index >= 15 is 0 Å². The zero-order chi connectivity index (χ0) is 16.2. The van der Waals surface area contributed by atoms with Gasteiger partial charge in [-0.2, -0.15) is 13.2 Å². The van der Waals surface area contributed by atoms with Gasteiger partial charge in [0.1, 0.15) is 12.4 Å². The Hall–Kier alpha value is -2.05. The minimum absolute atomic E-state index is 0.0790. The summed E-state index contributed by atoms with van der Waals surface area (Å²) in [5, 5.41) is 8.60. The summed E-state index contributed by atoms with van der Waals surface area (Å²) in [5.74, 6) is -1.92. The van der Waals surface area contributed by atoms with Crippen molar-refractivity contribution in [2.45, 2.75) is 26.1 Å². The fraction of sp³-hybridized carbons (Fsp3) is 0.357. The summed E-state index contributed by atoms with van der Waals surface area (Å²) in [5.41, 5.74) is 0.205. The molecule has 116 valence electrons. The molecule has 0 saturated carbocycles. The predicted molar refractivity (Wildman–Crippen MR) is 71.6 cm³/mol. The van der Waals surface area contributed by atoms with Gasteiger partial charge in [-0.15, -0.1) is 0 Å². The molecular weight excluding hydrogens is 290 g/mol. The topological polar surface area (TPSA) is 40.5 Å². The normalized spacial score (nSPS) is 12.1. The quantitative estimate of drug-likeness (QED) is 0.666. The van der Waals surface area contributed by atoms with Gasteiger partial charge in [-0.25, -0.2) is 9.18 Å². The third-order valence-electron chi connectivity index (χ3n) is 2.68. The molecule has 3 nitrogen and oxygen atoms in total. The molecule has 0 heterocycles. The average molecular weight is 305 g/mol. The van der Waals surface area contributed by atoms with Gasteiger partial charge < -0.3 is 10.0 Å². The van der Waals surface area contributed by atoms with Gasteiger partial charge in [0.2, 0.25) is 0 Å². The molecule has 0 aliphatic rings. The molecule has 1 aromatic carbocycles. The van der Waals surface area contributed by atoms with Gasteiger partial charge >= 0.3 is 12.1 Å². The maximum atomic E-state index is 13.3. The number of hydrogen-bond acceptors (Lipinski definition) is 2. The molecule has 0 saturated heterocycles. The summed E-state index contributed by atoms with van der Waals surface area (Å²) >= 11 is 0. The largest absolute Gasteiger partial charge is 0.478 e. The third-order valence-corrected chi connectivity index (χ3v) is 2.68. The number of rotatable bonds is 5. The number of carboxylic acids is 1. The molecule has 0 aliphatic carbocycles. The SMILES string of the molecule is CC(C)N(CC(F)(F)F)c1ccc(F)cc1C=CC(=O)O. The van der Waals surface area contributed by atoms with Gasteiger partial charge in [-0.05, 0) is 38.1 Å². The standard InChI is InChI=1S/C14H15F4NO2/c1-9(2)19(8-14(16,17)18)12-5-4-11(15)7-10(12)3-6-13(20)21/h3-7,9H,8H2,1-2H3,(H,20,21). The van der Waals surface area contributed by atoms with Gasteiger partial charge in [-0.1, -0.05) is 0 Å². The van der Waals surface area contributed by atoms with Crippen molar-refractivity contribution in [3.63, 3.8) is 0 Å². The van der Waals surface area contributed by atoms with E-state index in [-0.39, 0.29) is 11.3 Å². The van der Waals surface area contributed by atoms with E-state index in [0.717, 1.165) is 29.2 Å². The van der Waals surface area contributed by atoms with Crippen LogP contribution in [0.3, 0.4) is 0 Å². The van der Waals surface area contributed by atoms with Crippen LogP contribution in [0.25, 0.3) is 6.08 Å². The van der Waals surface area contributed by atoms with Crippen molar-refractivity contribution in [3.8, 4) is 0 Å². The molecule has 0 bridgehead atoms. The van der Waals surface area contributed by atoms with Crippen LogP contribution >= 0.6 is 0 Å². The van der Waals surface area contributed by atoms with Crippen LogP contribution in [-0.4, -0.2) is 29.8 Å². The molecule has 0 aromatic heterocycles. The second-order valence-electron chi connectivity index (χ2n) is 4.71. The molecule has 0 atom stereocenters. The second kappa shape index (κ2) is 6.60. The van der Waals surface area contributed by atoms with E-state index in [9.17, 15) is 22.4 Å². The molecule has 1 rings (SSSR count). The van der Waals surface area contributed by atoms with Crippen molar-refractivity contribution < 1.29 is 27.5 Å². The van der Waals surface area contributed by atoms with Crippen molar-refractivity contribution >= 4 is 17.7 Å². The lowest BCUT2D eigenvalue weighted by Crippen LogP contribution is -2.39. The number of aliphatic carboxylic acids is 1. The van der Waals surface area contributed by atoms with Crippen LogP contribution in [0.4, 0.5) is 23.2 Å². The number of halogens is 4. The summed E-state index contributed by atoms with van der Waals surface area (Å²) in [7, 11) is 0. The van der Waals surface area contributed by atoms with Crippen molar-refractivity contribution in [2.75, 3.05) is 11.4 Å². The molecule has 1 N–H and O–H groups in total. The zero-order valence-corrected chi connectivity index (χ0v) is 11.5. The summed E-state index contributed by atoms with van der Waals surface area (Å²) in [6.07, 6.45) is -2.59. The van der Waals surface area contributed by atoms with Crippen molar-refractivity contribution in [1.29, 1.82) is 0 Å². The number of alkyl halides is 3. The van der Waals surface area contributed by atoms with Crippen LogP contribution < -0.4 is 4.90 Å². The van der Waals surface area contributed by atoms with Crippen LogP contribution in [0, 0.1) is 5.82 Å². The van der Waals surface area contributed by atoms with E-state index in [1.807, 2.05) is 0 Å². The van der Waals surface area contributed by atoms with Crippen LogP contribution in [0.1, 0.15) is 19.4 Å². The fourth-order valence-electron chi connectivity index (χ4n) is 1.82. The van der Waals surface area contributed by atoms with E-state index < -0.39 is 30.5 Å². The summed E-state index contributed by atoms with van der Waals surface area (Å²) in [4.78, 5) is 11.6. The first-order valence-electron chi connectivity index (χ1n) is 6.14. The number of anilines is 1. The number of nitrogens with zero attached hydrogens (tertiary/aromatic N) is 1. The lowest BCUT2D eigenvalue weighted by molar-refractivity contribution is -0.131. The van der Waals surface area contributed by atoms with E-state index in [1.54, 1.807) is 13.8 Å². The Balaban J connectivity index is 3.27. The Morgan fingerprint density at radius 3 is 2.48 bits per heavy atom. The molecule has 1 aromatic rings. The van der Waals surface area contributed by atoms with Crippen LogP contribution in [-0.2, 0) is 4.79 Å². The number of benzene rings is 1. The van der Waals surface area contributed by atoms with Crippen LogP contribution in [0.5, 0.6) is 0 Å². The lowest BCUT2D eigenvalue weighted by Gasteiger charge is -2.31. The van der Waals surface area contributed by atoms with Gasteiger partial charge in [0.15, 0.2) is 0 Å². The molecule has 0 amide bonds. The molecule has 0 aliphatic heterocycles. The Morgan fingerprint density at radius 2 is 2.00 bits per heavy atom. The maximum Gasteiger partial charge on any atom is 0.405 e. The monoisotopic (exact) mass is 305 g/mol. The fourth-order valence-corrected chi connectivity index (χ4v) is 1.82. The van der Waals surface area contributed by atoms with Crippen molar-refractivity contribution in [1.82, 2.24) is 0 Å². The third kappa shape index (κ3) is 5.45. The zero-order valence-electron chi connectivity index (χ0n) is 11.5. The molecular formula is C14H15F4NO2. The van der Waals surface area contributed by atoms with E-state index in [1.165, 1.54) is 6.07 Å². The first-order valence-corrected chi connectivity index (χ1v) is 6.14. The first-order chi connectivity index (χ1) is 9.60. The highest BCUT2D eigenvalue weighted by Gasteiger charge is 2.32. The van der Waals surface area contributed by atoms with Gasteiger partial charge in [0.25, 0.3) is 0 Å². The highest BCUT2D eigenvalue weighted by molar-refractivity contribution is 5.87. The average Bonchev–Trinajstić information content (AvgIpc) is 2.32. The predicted octanol–water partition coefficient (Wildman–Crippen LogP) is 3.70. The highest BCUT2D eigenvalue weighted by Crippen LogP contribution is 2.28. The minimum atomic E-state index is -4.42. The number of carboxylic acid groups (broad SMARTS) is 1. The molecule has 0 radical (unpaired) electrons. The number of hydrogen-bond donors (Lipinski definition) is 1. The van der Waals surface area contributed by atoms with Crippen LogP contribution in [0.2, 0.25) is 0 Å². The Kier molecular flexibility index (Phi) is 5.34.